The van der Waals surface area contributed by atoms with Crippen LogP contribution in [0.3, 0.4) is 0 Å². The van der Waals surface area contributed by atoms with Crippen molar-refractivity contribution < 1.29 is 9.53 Å². The standard InChI is InChI=1S/C19H18N2O2S/c1-12-6-4-9-16(13(12)2)20-19-21-18(22)17(24-19)11-14-7-5-8-15(10-14)23-3/h4-11H,1-3H3,(H,20,21,22)/b17-11-. The summed E-state index contributed by atoms with van der Waals surface area (Å²) in [5.74, 6) is 0.629. The molecule has 1 N–H and O–H groups in total. The van der Waals surface area contributed by atoms with Crippen molar-refractivity contribution in [3.63, 3.8) is 0 Å². The third-order valence-electron chi connectivity index (χ3n) is 3.84. The zero-order chi connectivity index (χ0) is 17.1. The van der Waals surface area contributed by atoms with Crippen LogP contribution in [0.15, 0.2) is 52.4 Å². The monoisotopic (exact) mass is 338 g/mol. The molecular weight excluding hydrogens is 320 g/mol. The maximum absolute atomic E-state index is 12.2. The number of aryl methyl sites for hydroxylation is 1. The van der Waals surface area contributed by atoms with Crippen LogP contribution in [0.2, 0.25) is 0 Å². The Morgan fingerprint density at radius 2 is 1.96 bits per heavy atom. The molecular formula is C19H18N2O2S. The van der Waals surface area contributed by atoms with E-state index in [1.165, 1.54) is 17.3 Å². The number of carbonyl (C=O) groups is 1. The summed E-state index contributed by atoms with van der Waals surface area (Å²) < 4.78 is 5.21. The van der Waals surface area contributed by atoms with E-state index in [-0.39, 0.29) is 5.91 Å². The minimum atomic E-state index is -0.133. The normalized spacial score (nSPS) is 17.4. The minimum absolute atomic E-state index is 0.133. The van der Waals surface area contributed by atoms with Crippen LogP contribution in [0, 0.1) is 13.8 Å². The number of methoxy groups -OCH3 is 1. The number of ether oxygens (including phenoxy) is 1. The summed E-state index contributed by atoms with van der Waals surface area (Å²) >= 11 is 1.35. The first-order valence-corrected chi connectivity index (χ1v) is 8.38. The molecule has 0 unspecified atom stereocenters. The number of nitrogens with zero attached hydrogens (tertiary/aromatic N) is 1. The van der Waals surface area contributed by atoms with Gasteiger partial charge in [-0.3, -0.25) is 4.79 Å². The molecule has 2 aromatic rings. The second-order valence-corrected chi connectivity index (χ2v) is 6.51. The van der Waals surface area contributed by atoms with Gasteiger partial charge < -0.3 is 10.1 Å². The Labute approximate surface area is 145 Å². The molecule has 24 heavy (non-hydrogen) atoms. The zero-order valence-corrected chi connectivity index (χ0v) is 14.6. The molecule has 0 radical (unpaired) electrons. The third kappa shape index (κ3) is 3.51. The van der Waals surface area contributed by atoms with Crippen LogP contribution in [0.5, 0.6) is 5.75 Å². The lowest BCUT2D eigenvalue weighted by molar-refractivity contribution is -0.115. The maximum atomic E-state index is 12.2. The first-order valence-electron chi connectivity index (χ1n) is 7.56. The maximum Gasteiger partial charge on any atom is 0.264 e. The fourth-order valence-electron chi connectivity index (χ4n) is 2.33. The highest BCUT2D eigenvalue weighted by Crippen LogP contribution is 2.30. The predicted molar refractivity (Wildman–Crippen MR) is 99.7 cm³/mol. The third-order valence-corrected chi connectivity index (χ3v) is 4.75. The summed E-state index contributed by atoms with van der Waals surface area (Å²) in [7, 11) is 1.62. The molecule has 0 aromatic heterocycles. The molecule has 3 rings (SSSR count). The van der Waals surface area contributed by atoms with Gasteiger partial charge in [0.25, 0.3) is 5.91 Å². The molecule has 0 bridgehead atoms. The number of benzene rings is 2. The van der Waals surface area contributed by atoms with E-state index >= 15 is 0 Å². The molecule has 1 aliphatic heterocycles. The van der Waals surface area contributed by atoms with Crippen LogP contribution in [0.25, 0.3) is 6.08 Å². The van der Waals surface area contributed by atoms with E-state index < -0.39 is 0 Å². The van der Waals surface area contributed by atoms with Gasteiger partial charge in [0.15, 0.2) is 5.17 Å². The molecule has 4 nitrogen and oxygen atoms in total. The van der Waals surface area contributed by atoms with E-state index in [2.05, 4.69) is 10.3 Å². The fourth-order valence-corrected chi connectivity index (χ4v) is 3.16. The Morgan fingerprint density at radius 1 is 1.17 bits per heavy atom. The lowest BCUT2D eigenvalue weighted by Crippen LogP contribution is -2.19. The van der Waals surface area contributed by atoms with Crippen LogP contribution in [0.4, 0.5) is 5.69 Å². The van der Waals surface area contributed by atoms with Crippen LogP contribution in [0.1, 0.15) is 16.7 Å². The second kappa shape index (κ2) is 6.93. The summed E-state index contributed by atoms with van der Waals surface area (Å²) in [6.07, 6.45) is 1.84. The molecule has 0 aliphatic carbocycles. The van der Waals surface area contributed by atoms with E-state index in [9.17, 15) is 4.79 Å². The summed E-state index contributed by atoms with van der Waals surface area (Å²) in [6, 6.07) is 13.6. The predicted octanol–water partition coefficient (Wildman–Crippen LogP) is 4.20. The summed E-state index contributed by atoms with van der Waals surface area (Å²) in [6.45, 7) is 4.08. The van der Waals surface area contributed by atoms with Gasteiger partial charge in [-0.1, -0.05) is 24.3 Å². The van der Waals surface area contributed by atoms with Gasteiger partial charge in [-0.05, 0) is 66.6 Å². The summed E-state index contributed by atoms with van der Waals surface area (Å²) in [5.41, 5.74) is 4.09. The van der Waals surface area contributed by atoms with E-state index in [0.29, 0.717) is 10.1 Å². The highest BCUT2D eigenvalue weighted by atomic mass is 32.2. The lowest BCUT2D eigenvalue weighted by atomic mass is 10.1. The average Bonchev–Trinajstić information content (AvgIpc) is 2.91. The first kappa shape index (κ1) is 16.3. The van der Waals surface area contributed by atoms with Crippen molar-refractivity contribution >= 4 is 34.6 Å². The van der Waals surface area contributed by atoms with Gasteiger partial charge in [-0.25, -0.2) is 4.99 Å². The highest BCUT2D eigenvalue weighted by Gasteiger charge is 2.24. The van der Waals surface area contributed by atoms with E-state index in [0.717, 1.165) is 22.6 Å². The topological polar surface area (TPSA) is 50.7 Å². The Bertz CT molecular complexity index is 856. The number of aliphatic imine (C=N–C) groups is 1. The van der Waals surface area contributed by atoms with Gasteiger partial charge >= 0.3 is 0 Å². The van der Waals surface area contributed by atoms with Gasteiger partial charge in [-0.15, -0.1) is 0 Å². The van der Waals surface area contributed by atoms with Crippen molar-refractivity contribution in [1.29, 1.82) is 0 Å². The van der Waals surface area contributed by atoms with E-state index in [1.807, 2.05) is 62.4 Å². The minimum Gasteiger partial charge on any atom is -0.497 e. The van der Waals surface area contributed by atoms with Crippen LogP contribution < -0.4 is 10.1 Å². The van der Waals surface area contributed by atoms with Gasteiger partial charge in [0, 0.05) is 0 Å². The van der Waals surface area contributed by atoms with Gasteiger partial charge in [0.1, 0.15) is 5.75 Å². The van der Waals surface area contributed by atoms with Crippen molar-refractivity contribution in [3.05, 3.63) is 64.1 Å². The number of rotatable bonds is 3. The Morgan fingerprint density at radius 3 is 2.75 bits per heavy atom. The molecule has 0 spiro atoms. The number of thioether (sulfide) groups is 1. The molecule has 1 amide bonds. The van der Waals surface area contributed by atoms with Crippen molar-refractivity contribution in [3.8, 4) is 5.75 Å². The largest absolute Gasteiger partial charge is 0.497 e. The number of hydrogen-bond donors (Lipinski definition) is 1. The molecule has 1 fully saturated rings. The molecule has 122 valence electrons. The quantitative estimate of drug-likeness (QED) is 0.853. The Hall–Kier alpha value is -2.53. The molecule has 5 heteroatoms. The van der Waals surface area contributed by atoms with Gasteiger partial charge in [-0.2, -0.15) is 0 Å². The Balaban J connectivity index is 1.86. The number of amides is 1. The summed E-state index contributed by atoms with van der Waals surface area (Å²) in [5, 5.41) is 3.42. The highest BCUT2D eigenvalue weighted by molar-refractivity contribution is 8.18. The first-order chi connectivity index (χ1) is 11.6. The number of hydrogen-bond acceptors (Lipinski definition) is 4. The van der Waals surface area contributed by atoms with Crippen LogP contribution in [-0.2, 0) is 4.79 Å². The van der Waals surface area contributed by atoms with Crippen molar-refractivity contribution in [1.82, 2.24) is 5.32 Å². The van der Waals surface area contributed by atoms with Crippen LogP contribution >= 0.6 is 11.8 Å². The summed E-state index contributed by atoms with van der Waals surface area (Å²) in [4.78, 5) is 17.4. The smallest absolute Gasteiger partial charge is 0.264 e. The fraction of sp³-hybridized carbons (Fsp3) is 0.158. The molecule has 2 aromatic carbocycles. The Kier molecular flexibility index (Phi) is 4.71. The molecule has 0 saturated carbocycles. The van der Waals surface area contributed by atoms with E-state index in [4.69, 9.17) is 4.74 Å². The van der Waals surface area contributed by atoms with Gasteiger partial charge in [0.05, 0.1) is 17.7 Å². The number of carbonyl (C=O) groups excluding carboxylic acids is 1. The zero-order valence-electron chi connectivity index (χ0n) is 13.8. The van der Waals surface area contributed by atoms with Crippen molar-refractivity contribution in [2.75, 3.05) is 7.11 Å². The molecule has 0 atom stereocenters. The van der Waals surface area contributed by atoms with E-state index in [1.54, 1.807) is 7.11 Å². The average molecular weight is 338 g/mol. The molecule has 1 heterocycles. The lowest BCUT2D eigenvalue weighted by Gasteiger charge is -2.04. The SMILES string of the molecule is COc1cccc(/C=C2\SC(=Nc3cccc(C)c3C)NC2=O)c1. The van der Waals surface area contributed by atoms with Crippen LogP contribution in [-0.4, -0.2) is 18.2 Å². The van der Waals surface area contributed by atoms with Crippen molar-refractivity contribution in [2.24, 2.45) is 4.99 Å². The molecule has 1 saturated heterocycles. The second-order valence-electron chi connectivity index (χ2n) is 5.48. The number of nitrogens with one attached hydrogen (secondary N) is 1. The van der Waals surface area contributed by atoms with Gasteiger partial charge in [0.2, 0.25) is 0 Å². The molecule has 1 aliphatic rings. The van der Waals surface area contributed by atoms with Crippen molar-refractivity contribution in [2.45, 2.75) is 13.8 Å². The number of amidine groups is 1.